The Hall–Kier alpha value is -2.37. The van der Waals surface area contributed by atoms with E-state index in [2.05, 4.69) is 4.98 Å². The Bertz CT molecular complexity index is 639. The van der Waals surface area contributed by atoms with Crippen LogP contribution in [0.15, 0.2) is 36.8 Å². The Morgan fingerprint density at radius 1 is 1.33 bits per heavy atom. The number of carbonyl (C=O) groups is 1. The molecule has 2 aromatic rings. The SMILES string of the molecule is O=C(O)N1CCC[C@H](n2cnc(-c3ccc(F)cc3)c2)C1. The van der Waals surface area contributed by atoms with Gasteiger partial charge in [-0.25, -0.2) is 14.2 Å². The first-order chi connectivity index (χ1) is 10.1. The van der Waals surface area contributed by atoms with E-state index in [9.17, 15) is 9.18 Å². The van der Waals surface area contributed by atoms with E-state index in [1.807, 2.05) is 10.8 Å². The normalized spacial score (nSPS) is 18.7. The number of carboxylic acid groups (broad SMARTS) is 1. The summed E-state index contributed by atoms with van der Waals surface area (Å²) in [5.41, 5.74) is 1.61. The van der Waals surface area contributed by atoms with Gasteiger partial charge in [-0.3, -0.25) is 0 Å². The van der Waals surface area contributed by atoms with Crippen molar-refractivity contribution in [3.8, 4) is 11.3 Å². The molecule has 1 saturated heterocycles. The van der Waals surface area contributed by atoms with Crippen molar-refractivity contribution in [2.75, 3.05) is 13.1 Å². The van der Waals surface area contributed by atoms with Crippen molar-refractivity contribution in [2.24, 2.45) is 0 Å². The Balaban J connectivity index is 1.78. The molecule has 1 atom stereocenters. The van der Waals surface area contributed by atoms with Crippen LogP contribution >= 0.6 is 0 Å². The second-order valence-corrected chi connectivity index (χ2v) is 5.24. The van der Waals surface area contributed by atoms with Gasteiger partial charge >= 0.3 is 6.09 Å². The molecule has 5 nitrogen and oxygen atoms in total. The number of likely N-dealkylation sites (tertiary alicyclic amines) is 1. The molecule has 0 saturated carbocycles. The number of halogens is 1. The van der Waals surface area contributed by atoms with E-state index in [4.69, 9.17) is 5.11 Å². The number of aromatic nitrogens is 2. The van der Waals surface area contributed by atoms with Gasteiger partial charge in [-0.15, -0.1) is 0 Å². The molecule has 1 aliphatic heterocycles. The highest BCUT2D eigenvalue weighted by molar-refractivity contribution is 5.65. The Morgan fingerprint density at radius 3 is 2.81 bits per heavy atom. The molecular formula is C15H16FN3O2. The third kappa shape index (κ3) is 2.89. The summed E-state index contributed by atoms with van der Waals surface area (Å²) in [5, 5.41) is 9.08. The summed E-state index contributed by atoms with van der Waals surface area (Å²) in [4.78, 5) is 16.8. The summed E-state index contributed by atoms with van der Waals surface area (Å²) in [5.74, 6) is -0.275. The first-order valence-electron chi connectivity index (χ1n) is 6.91. The fraction of sp³-hybridized carbons (Fsp3) is 0.333. The zero-order valence-corrected chi connectivity index (χ0v) is 11.4. The van der Waals surface area contributed by atoms with Crippen LogP contribution < -0.4 is 0 Å². The van der Waals surface area contributed by atoms with Crippen molar-refractivity contribution in [3.63, 3.8) is 0 Å². The summed E-state index contributed by atoms with van der Waals surface area (Å²) >= 11 is 0. The molecule has 3 rings (SSSR count). The zero-order chi connectivity index (χ0) is 14.8. The fourth-order valence-electron chi connectivity index (χ4n) is 2.68. The lowest BCUT2D eigenvalue weighted by molar-refractivity contribution is 0.121. The van der Waals surface area contributed by atoms with Gasteiger partial charge in [-0.05, 0) is 37.1 Å². The van der Waals surface area contributed by atoms with Gasteiger partial charge in [0.25, 0.3) is 0 Å². The molecule has 0 unspecified atom stereocenters. The zero-order valence-electron chi connectivity index (χ0n) is 11.4. The summed E-state index contributed by atoms with van der Waals surface area (Å²) in [7, 11) is 0. The van der Waals surface area contributed by atoms with Gasteiger partial charge in [-0.1, -0.05) is 0 Å². The third-order valence-corrected chi connectivity index (χ3v) is 3.83. The van der Waals surface area contributed by atoms with E-state index >= 15 is 0 Å². The largest absolute Gasteiger partial charge is 0.465 e. The molecule has 2 heterocycles. The van der Waals surface area contributed by atoms with Crippen LogP contribution in [0.3, 0.4) is 0 Å². The van der Waals surface area contributed by atoms with Crippen LogP contribution in [0.25, 0.3) is 11.3 Å². The van der Waals surface area contributed by atoms with Crippen LogP contribution in [0.4, 0.5) is 9.18 Å². The minimum absolute atomic E-state index is 0.108. The number of hydrogen-bond donors (Lipinski definition) is 1. The highest BCUT2D eigenvalue weighted by Crippen LogP contribution is 2.24. The second-order valence-electron chi connectivity index (χ2n) is 5.24. The molecule has 6 heteroatoms. The molecule has 1 N–H and O–H groups in total. The van der Waals surface area contributed by atoms with Crippen molar-refractivity contribution in [1.29, 1.82) is 0 Å². The number of benzene rings is 1. The smallest absolute Gasteiger partial charge is 0.407 e. The van der Waals surface area contributed by atoms with Crippen LogP contribution in [-0.2, 0) is 0 Å². The van der Waals surface area contributed by atoms with Gasteiger partial charge in [0, 0.05) is 24.8 Å². The average molecular weight is 289 g/mol. The summed E-state index contributed by atoms with van der Waals surface area (Å²) in [6, 6.07) is 6.29. The first kappa shape index (κ1) is 13.6. The van der Waals surface area contributed by atoms with Crippen molar-refractivity contribution in [1.82, 2.24) is 14.5 Å². The van der Waals surface area contributed by atoms with E-state index in [0.717, 1.165) is 24.1 Å². The van der Waals surface area contributed by atoms with Crippen LogP contribution in [-0.4, -0.2) is 38.7 Å². The maximum absolute atomic E-state index is 12.9. The van der Waals surface area contributed by atoms with Crippen molar-refractivity contribution < 1.29 is 14.3 Å². The topological polar surface area (TPSA) is 58.4 Å². The highest BCUT2D eigenvalue weighted by Gasteiger charge is 2.24. The molecule has 0 bridgehead atoms. The number of nitrogens with zero attached hydrogens (tertiary/aromatic N) is 3. The van der Waals surface area contributed by atoms with Crippen LogP contribution in [0.2, 0.25) is 0 Å². The summed E-state index contributed by atoms with van der Waals surface area (Å²) in [6.45, 7) is 1.07. The van der Waals surface area contributed by atoms with Crippen molar-refractivity contribution in [2.45, 2.75) is 18.9 Å². The minimum atomic E-state index is -0.876. The van der Waals surface area contributed by atoms with Crippen LogP contribution in [0.5, 0.6) is 0 Å². The van der Waals surface area contributed by atoms with E-state index in [1.165, 1.54) is 17.0 Å². The van der Waals surface area contributed by atoms with E-state index < -0.39 is 6.09 Å². The van der Waals surface area contributed by atoms with Gasteiger partial charge in [-0.2, -0.15) is 0 Å². The summed E-state index contributed by atoms with van der Waals surface area (Å²) in [6.07, 6.45) is 4.51. The molecule has 1 fully saturated rings. The molecule has 1 aliphatic rings. The Morgan fingerprint density at radius 2 is 2.10 bits per heavy atom. The van der Waals surface area contributed by atoms with Crippen LogP contribution in [0, 0.1) is 5.82 Å². The molecule has 21 heavy (non-hydrogen) atoms. The molecule has 1 aromatic heterocycles. The van der Waals surface area contributed by atoms with E-state index in [1.54, 1.807) is 18.5 Å². The molecular weight excluding hydrogens is 273 g/mol. The maximum atomic E-state index is 12.9. The third-order valence-electron chi connectivity index (χ3n) is 3.83. The summed E-state index contributed by atoms with van der Waals surface area (Å²) < 4.78 is 14.9. The molecule has 1 aromatic carbocycles. The average Bonchev–Trinajstić information content (AvgIpc) is 2.98. The maximum Gasteiger partial charge on any atom is 0.407 e. The number of amides is 1. The van der Waals surface area contributed by atoms with E-state index in [0.29, 0.717) is 13.1 Å². The van der Waals surface area contributed by atoms with Crippen molar-refractivity contribution >= 4 is 6.09 Å². The first-order valence-corrected chi connectivity index (χ1v) is 6.91. The monoisotopic (exact) mass is 289 g/mol. The number of imidazole rings is 1. The lowest BCUT2D eigenvalue weighted by Crippen LogP contribution is -2.39. The fourth-order valence-corrected chi connectivity index (χ4v) is 2.68. The van der Waals surface area contributed by atoms with Gasteiger partial charge in [0.15, 0.2) is 0 Å². The molecule has 0 spiro atoms. The number of rotatable bonds is 2. The standard InChI is InChI=1S/C15H16FN3O2/c16-12-5-3-11(4-6-12)14-9-19(10-17-14)13-2-1-7-18(8-13)15(20)21/h3-6,9-10,13H,1-2,7-8H2,(H,20,21)/t13-/m0/s1. The van der Waals surface area contributed by atoms with Crippen LogP contribution in [0.1, 0.15) is 18.9 Å². The molecule has 0 aliphatic carbocycles. The predicted octanol–water partition coefficient (Wildman–Crippen LogP) is 3.00. The van der Waals surface area contributed by atoms with Gasteiger partial charge in [0.1, 0.15) is 5.82 Å². The minimum Gasteiger partial charge on any atom is -0.465 e. The van der Waals surface area contributed by atoms with E-state index in [-0.39, 0.29) is 11.9 Å². The Kier molecular flexibility index (Phi) is 3.60. The van der Waals surface area contributed by atoms with Crippen molar-refractivity contribution in [3.05, 3.63) is 42.6 Å². The van der Waals surface area contributed by atoms with Gasteiger partial charge < -0.3 is 14.6 Å². The van der Waals surface area contributed by atoms with Gasteiger partial charge in [0.05, 0.1) is 18.1 Å². The quantitative estimate of drug-likeness (QED) is 0.924. The van der Waals surface area contributed by atoms with Gasteiger partial charge in [0.2, 0.25) is 0 Å². The lowest BCUT2D eigenvalue weighted by Gasteiger charge is -2.31. The second kappa shape index (κ2) is 5.55. The number of hydrogen-bond acceptors (Lipinski definition) is 2. The Labute approximate surface area is 121 Å². The lowest BCUT2D eigenvalue weighted by atomic mass is 10.1. The molecule has 110 valence electrons. The molecule has 0 radical (unpaired) electrons. The molecule has 1 amide bonds. The number of piperidine rings is 1. The highest BCUT2D eigenvalue weighted by atomic mass is 19.1. The predicted molar refractivity (Wildman–Crippen MR) is 75.5 cm³/mol.